The number of ether oxygens (including phenoxy) is 1. The molecule has 0 radical (unpaired) electrons. The number of anilines is 1. The summed E-state index contributed by atoms with van der Waals surface area (Å²) in [6, 6.07) is 6.77. The third-order valence-corrected chi connectivity index (χ3v) is 3.02. The van der Waals surface area contributed by atoms with Crippen molar-refractivity contribution < 1.29 is 19.7 Å². The fraction of sp³-hybridized carbons (Fsp3) is 0.333. The molecule has 0 aliphatic carbocycles. The summed E-state index contributed by atoms with van der Waals surface area (Å²) in [5.41, 5.74) is 4.80. The molecule has 1 aliphatic heterocycles. The van der Waals surface area contributed by atoms with E-state index in [-0.39, 0.29) is 12.4 Å². The number of rotatable bonds is 4. The van der Waals surface area contributed by atoms with Crippen molar-refractivity contribution in [1.82, 2.24) is 5.43 Å². The van der Waals surface area contributed by atoms with Crippen molar-refractivity contribution in [3.63, 3.8) is 0 Å². The molecule has 1 aromatic rings. The van der Waals surface area contributed by atoms with E-state index in [0.717, 1.165) is 0 Å². The zero-order chi connectivity index (χ0) is 14.6. The summed E-state index contributed by atoms with van der Waals surface area (Å²) in [5.74, 6) is -0.779. The number of hydrogen-bond acceptors (Lipinski definition) is 7. The van der Waals surface area contributed by atoms with E-state index in [9.17, 15) is 15.0 Å². The fourth-order valence-electron chi connectivity index (χ4n) is 1.54. The minimum absolute atomic E-state index is 0.116. The highest BCUT2D eigenvalue weighted by Gasteiger charge is 2.36. The van der Waals surface area contributed by atoms with Crippen LogP contribution in [0.5, 0.6) is 0 Å². The van der Waals surface area contributed by atoms with Crippen molar-refractivity contribution in [3.05, 3.63) is 29.3 Å². The number of carbonyl (C=O) groups excluding carboxylic acids is 1. The van der Waals surface area contributed by atoms with Gasteiger partial charge in [0.15, 0.2) is 0 Å². The number of nitrogens with one attached hydrogen (secondary N) is 2. The number of aliphatic hydroxyl groups excluding tert-OH is 2. The Morgan fingerprint density at radius 3 is 2.50 bits per heavy atom. The van der Waals surface area contributed by atoms with Crippen LogP contribution in [-0.4, -0.2) is 47.4 Å². The Labute approximate surface area is 120 Å². The molecule has 0 atom stereocenters. The Morgan fingerprint density at radius 2 is 1.90 bits per heavy atom. The van der Waals surface area contributed by atoms with Gasteiger partial charge < -0.3 is 14.9 Å². The molecule has 1 aliphatic rings. The molecule has 108 valence electrons. The fourth-order valence-corrected chi connectivity index (χ4v) is 1.66. The molecule has 0 saturated carbocycles. The SMILES string of the molecule is O=C1OCC(CO)(CO)N=C1NNc1ccc(Cl)cc1. The summed E-state index contributed by atoms with van der Waals surface area (Å²) in [6.45, 7) is -1.02. The predicted octanol–water partition coefficient (Wildman–Crippen LogP) is -0.0648. The van der Waals surface area contributed by atoms with Crippen molar-refractivity contribution >= 4 is 29.1 Å². The molecule has 8 heteroatoms. The normalized spacial score (nSPS) is 17.1. The van der Waals surface area contributed by atoms with Gasteiger partial charge in [0.25, 0.3) is 0 Å². The van der Waals surface area contributed by atoms with Crippen molar-refractivity contribution in [2.75, 3.05) is 25.2 Å². The largest absolute Gasteiger partial charge is 0.457 e. The summed E-state index contributed by atoms with van der Waals surface area (Å²) in [4.78, 5) is 15.6. The van der Waals surface area contributed by atoms with Crippen molar-refractivity contribution in [2.24, 2.45) is 4.99 Å². The maximum atomic E-state index is 11.5. The van der Waals surface area contributed by atoms with E-state index < -0.39 is 24.7 Å². The number of halogens is 1. The standard InChI is InChI=1S/C12H14ClN3O4/c13-8-1-3-9(4-2-8)15-16-10-11(19)20-7-12(5-17,6-18)14-10/h1-4,15,17-18H,5-7H2,(H,14,16). The van der Waals surface area contributed by atoms with Gasteiger partial charge in [-0.2, -0.15) is 0 Å². The molecule has 0 unspecified atom stereocenters. The Morgan fingerprint density at radius 1 is 1.25 bits per heavy atom. The smallest absolute Gasteiger partial charge is 0.375 e. The number of hydrazine groups is 1. The van der Waals surface area contributed by atoms with E-state index >= 15 is 0 Å². The molecule has 0 aromatic heterocycles. The maximum Gasteiger partial charge on any atom is 0.375 e. The summed E-state index contributed by atoms with van der Waals surface area (Å²) >= 11 is 5.76. The minimum Gasteiger partial charge on any atom is -0.457 e. The lowest BCUT2D eigenvalue weighted by molar-refractivity contribution is -0.140. The van der Waals surface area contributed by atoms with E-state index in [1.54, 1.807) is 24.3 Å². The van der Waals surface area contributed by atoms with Crippen molar-refractivity contribution in [1.29, 1.82) is 0 Å². The van der Waals surface area contributed by atoms with Gasteiger partial charge in [0.1, 0.15) is 12.1 Å². The van der Waals surface area contributed by atoms with E-state index in [0.29, 0.717) is 10.7 Å². The van der Waals surface area contributed by atoms with Crippen molar-refractivity contribution in [3.8, 4) is 0 Å². The first-order valence-corrected chi connectivity index (χ1v) is 6.23. The average molecular weight is 300 g/mol. The quantitative estimate of drug-likeness (QED) is 0.459. The van der Waals surface area contributed by atoms with Crippen LogP contribution in [-0.2, 0) is 9.53 Å². The lowest BCUT2D eigenvalue weighted by atomic mass is 10.0. The Kier molecular flexibility index (Phi) is 4.43. The van der Waals surface area contributed by atoms with Gasteiger partial charge in [0, 0.05) is 5.02 Å². The van der Waals surface area contributed by atoms with Gasteiger partial charge >= 0.3 is 5.97 Å². The van der Waals surface area contributed by atoms with Crippen LogP contribution in [0.15, 0.2) is 29.3 Å². The number of carbonyl (C=O) groups is 1. The first kappa shape index (κ1) is 14.6. The molecule has 0 fully saturated rings. The van der Waals surface area contributed by atoms with Crippen LogP contribution in [0.3, 0.4) is 0 Å². The van der Waals surface area contributed by atoms with Crippen LogP contribution in [0, 0.1) is 0 Å². The molecule has 1 heterocycles. The Balaban J connectivity index is 2.08. The van der Waals surface area contributed by atoms with E-state index in [1.807, 2.05) is 0 Å². The van der Waals surface area contributed by atoms with Gasteiger partial charge in [0.05, 0.1) is 18.9 Å². The molecule has 4 N–H and O–H groups in total. The summed E-state index contributed by atoms with van der Waals surface area (Å²) < 4.78 is 4.88. The molecule has 7 nitrogen and oxygen atoms in total. The third kappa shape index (κ3) is 3.19. The summed E-state index contributed by atoms with van der Waals surface area (Å²) in [6.07, 6.45) is 0. The number of cyclic esters (lactones) is 1. The molecule has 2 rings (SSSR count). The summed E-state index contributed by atoms with van der Waals surface area (Å²) in [7, 11) is 0. The van der Waals surface area contributed by atoms with Crippen molar-refractivity contribution in [2.45, 2.75) is 5.54 Å². The van der Waals surface area contributed by atoms with Crippen LogP contribution in [0.2, 0.25) is 5.02 Å². The highest BCUT2D eigenvalue weighted by Crippen LogP contribution is 2.16. The zero-order valence-corrected chi connectivity index (χ0v) is 11.2. The van der Waals surface area contributed by atoms with Gasteiger partial charge in [-0.3, -0.25) is 10.9 Å². The van der Waals surface area contributed by atoms with Gasteiger partial charge in [-0.25, -0.2) is 9.79 Å². The molecule has 0 saturated heterocycles. The zero-order valence-electron chi connectivity index (χ0n) is 10.5. The first-order valence-electron chi connectivity index (χ1n) is 5.85. The van der Waals surface area contributed by atoms with Crippen LogP contribution in [0.1, 0.15) is 0 Å². The predicted molar refractivity (Wildman–Crippen MR) is 73.5 cm³/mol. The van der Waals surface area contributed by atoms with Crippen LogP contribution < -0.4 is 10.9 Å². The summed E-state index contributed by atoms with van der Waals surface area (Å²) in [5, 5.41) is 19.1. The van der Waals surface area contributed by atoms with Crippen LogP contribution in [0.4, 0.5) is 5.69 Å². The van der Waals surface area contributed by atoms with Crippen LogP contribution >= 0.6 is 11.6 Å². The highest BCUT2D eigenvalue weighted by molar-refractivity contribution is 6.36. The second-order valence-electron chi connectivity index (χ2n) is 4.33. The van der Waals surface area contributed by atoms with Gasteiger partial charge in [-0.15, -0.1) is 0 Å². The molecule has 0 spiro atoms. The molecule has 0 bridgehead atoms. The maximum absolute atomic E-state index is 11.5. The minimum atomic E-state index is -1.21. The third-order valence-electron chi connectivity index (χ3n) is 2.77. The number of nitrogens with zero attached hydrogens (tertiary/aromatic N) is 1. The number of aliphatic imine (C=N–C) groups is 1. The lowest BCUT2D eigenvalue weighted by Crippen LogP contribution is -2.51. The number of esters is 1. The monoisotopic (exact) mass is 299 g/mol. The number of hydrogen-bond donors (Lipinski definition) is 4. The molecular formula is C12H14ClN3O4. The second-order valence-corrected chi connectivity index (χ2v) is 4.77. The van der Waals surface area contributed by atoms with E-state index in [2.05, 4.69) is 15.8 Å². The molecule has 0 amide bonds. The van der Waals surface area contributed by atoms with E-state index in [4.69, 9.17) is 16.3 Å². The van der Waals surface area contributed by atoms with E-state index in [1.165, 1.54) is 0 Å². The lowest BCUT2D eigenvalue weighted by Gasteiger charge is -2.29. The molecule has 20 heavy (non-hydrogen) atoms. The number of amidine groups is 1. The number of benzene rings is 1. The van der Waals surface area contributed by atoms with Crippen LogP contribution in [0.25, 0.3) is 0 Å². The Bertz CT molecular complexity index is 514. The van der Waals surface area contributed by atoms with Gasteiger partial charge in [-0.1, -0.05) is 11.6 Å². The topological polar surface area (TPSA) is 103 Å². The second kappa shape index (κ2) is 6.08. The highest BCUT2D eigenvalue weighted by atomic mass is 35.5. The van der Waals surface area contributed by atoms with Gasteiger partial charge in [-0.05, 0) is 24.3 Å². The first-order chi connectivity index (χ1) is 9.58. The Hall–Kier alpha value is -1.83. The number of aliphatic hydroxyl groups is 2. The molecular weight excluding hydrogens is 286 g/mol. The average Bonchev–Trinajstić information content (AvgIpc) is 2.48. The van der Waals surface area contributed by atoms with Gasteiger partial charge in [0.2, 0.25) is 5.84 Å². The molecule has 1 aromatic carbocycles.